The van der Waals surface area contributed by atoms with Gasteiger partial charge < -0.3 is 14.5 Å². The molecule has 0 aromatic heterocycles. The van der Waals surface area contributed by atoms with Crippen LogP contribution in [0.25, 0.3) is 0 Å². The number of aliphatic imine (C=N–C) groups is 1. The van der Waals surface area contributed by atoms with E-state index in [9.17, 15) is 4.79 Å². The average molecular weight is 433 g/mol. The van der Waals surface area contributed by atoms with Crippen LogP contribution >= 0.6 is 24.0 Å². The summed E-state index contributed by atoms with van der Waals surface area (Å²) < 4.78 is 5.24. The molecule has 0 atom stereocenters. The second-order valence-electron chi connectivity index (χ2n) is 5.57. The maximum atomic E-state index is 11.7. The molecule has 0 radical (unpaired) electrons. The first kappa shape index (κ1) is 21.7. The fourth-order valence-corrected chi connectivity index (χ4v) is 2.05. The van der Waals surface area contributed by atoms with Crippen LogP contribution in [-0.4, -0.2) is 56.5 Å². The fraction of sp³-hybridized carbons (Fsp3) is 0.529. The molecule has 1 rings (SSSR count). The van der Waals surface area contributed by atoms with E-state index in [1.165, 1.54) is 0 Å². The minimum Gasteiger partial charge on any atom is -0.461 e. The summed E-state index contributed by atoms with van der Waals surface area (Å²) in [7, 11) is 7.89. The first-order valence-corrected chi connectivity index (χ1v) is 7.59. The summed E-state index contributed by atoms with van der Waals surface area (Å²) in [5, 5.41) is 0. The highest BCUT2D eigenvalue weighted by molar-refractivity contribution is 14.0. The largest absolute Gasteiger partial charge is 0.461 e. The minimum absolute atomic E-state index is 0. The molecular formula is C17H28IN3O2. The van der Waals surface area contributed by atoms with Gasteiger partial charge in [-0.1, -0.05) is 30.3 Å². The third kappa shape index (κ3) is 9.43. The van der Waals surface area contributed by atoms with Crippen molar-refractivity contribution in [2.75, 3.05) is 34.7 Å². The molecule has 23 heavy (non-hydrogen) atoms. The number of hydrogen-bond donors (Lipinski definition) is 0. The Kier molecular flexibility index (Phi) is 11.5. The van der Waals surface area contributed by atoms with Gasteiger partial charge in [0.25, 0.3) is 0 Å². The Hall–Kier alpha value is -1.31. The monoisotopic (exact) mass is 433 g/mol. The highest BCUT2D eigenvalue weighted by atomic mass is 127. The molecule has 0 saturated carbocycles. The van der Waals surface area contributed by atoms with Gasteiger partial charge in [-0.15, -0.1) is 24.0 Å². The van der Waals surface area contributed by atoms with Gasteiger partial charge in [0.1, 0.15) is 6.61 Å². The summed E-state index contributed by atoms with van der Waals surface area (Å²) >= 11 is 0. The lowest BCUT2D eigenvalue weighted by molar-refractivity contribution is -0.145. The molecule has 0 saturated heterocycles. The number of carbonyl (C=O) groups is 1. The fourth-order valence-electron chi connectivity index (χ4n) is 2.05. The standard InChI is InChI=1S/C17H27N3O2.HI/c1-19(2)17(20(3)4)18-13-9-8-12-16(21)22-14-15-10-6-5-7-11-15;/h5-7,10-11H,8-9,12-14H2,1-4H3;1H. The Balaban J connectivity index is 0.00000484. The number of unbranched alkanes of at least 4 members (excludes halogenated alkanes) is 1. The molecule has 0 aliphatic rings. The van der Waals surface area contributed by atoms with Crippen molar-refractivity contribution in [3.63, 3.8) is 0 Å². The molecule has 0 aliphatic heterocycles. The molecule has 0 heterocycles. The van der Waals surface area contributed by atoms with Crippen LogP contribution in [0.2, 0.25) is 0 Å². The van der Waals surface area contributed by atoms with Gasteiger partial charge in [-0.3, -0.25) is 9.79 Å². The van der Waals surface area contributed by atoms with Crippen LogP contribution in [0.4, 0.5) is 0 Å². The van der Waals surface area contributed by atoms with Gasteiger partial charge in [-0.05, 0) is 18.4 Å². The van der Waals surface area contributed by atoms with E-state index >= 15 is 0 Å². The van der Waals surface area contributed by atoms with E-state index in [0.717, 1.165) is 30.9 Å². The summed E-state index contributed by atoms with van der Waals surface area (Å²) in [5.41, 5.74) is 1.02. The van der Waals surface area contributed by atoms with Crippen molar-refractivity contribution in [2.45, 2.75) is 25.9 Å². The van der Waals surface area contributed by atoms with Crippen molar-refractivity contribution in [3.05, 3.63) is 35.9 Å². The Morgan fingerprint density at radius 2 is 1.65 bits per heavy atom. The number of carbonyl (C=O) groups excluding carboxylic acids is 1. The van der Waals surface area contributed by atoms with Crippen molar-refractivity contribution in [2.24, 2.45) is 4.99 Å². The van der Waals surface area contributed by atoms with Crippen molar-refractivity contribution in [1.82, 2.24) is 9.80 Å². The van der Waals surface area contributed by atoms with Gasteiger partial charge in [-0.25, -0.2) is 0 Å². The van der Waals surface area contributed by atoms with Crippen molar-refractivity contribution >= 4 is 35.9 Å². The maximum Gasteiger partial charge on any atom is 0.306 e. The van der Waals surface area contributed by atoms with Crippen LogP contribution in [0, 0.1) is 0 Å². The zero-order valence-corrected chi connectivity index (χ0v) is 16.8. The molecular weight excluding hydrogens is 405 g/mol. The summed E-state index contributed by atoms with van der Waals surface area (Å²) in [6.45, 7) is 1.07. The molecule has 0 unspecified atom stereocenters. The molecule has 0 amide bonds. The van der Waals surface area contributed by atoms with E-state index < -0.39 is 0 Å². The van der Waals surface area contributed by atoms with E-state index in [0.29, 0.717) is 13.0 Å². The topological polar surface area (TPSA) is 45.1 Å². The molecule has 0 aliphatic carbocycles. The Bertz CT molecular complexity index is 466. The molecule has 1 aromatic rings. The number of rotatable bonds is 7. The van der Waals surface area contributed by atoms with E-state index in [1.807, 2.05) is 68.3 Å². The van der Waals surface area contributed by atoms with Crippen LogP contribution in [0.15, 0.2) is 35.3 Å². The summed E-state index contributed by atoms with van der Waals surface area (Å²) in [6.07, 6.45) is 2.12. The maximum absolute atomic E-state index is 11.7. The summed E-state index contributed by atoms with van der Waals surface area (Å²) in [4.78, 5) is 20.1. The third-order valence-electron chi connectivity index (χ3n) is 3.08. The average Bonchev–Trinajstić information content (AvgIpc) is 2.49. The van der Waals surface area contributed by atoms with Gasteiger partial charge in [0.2, 0.25) is 0 Å². The van der Waals surface area contributed by atoms with Crippen molar-refractivity contribution in [3.8, 4) is 0 Å². The predicted molar refractivity (Wildman–Crippen MR) is 105 cm³/mol. The molecule has 5 nitrogen and oxygen atoms in total. The highest BCUT2D eigenvalue weighted by Gasteiger charge is 2.05. The van der Waals surface area contributed by atoms with E-state index in [-0.39, 0.29) is 29.9 Å². The van der Waals surface area contributed by atoms with Gasteiger partial charge in [-0.2, -0.15) is 0 Å². The number of halogens is 1. The molecule has 0 spiro atoms. The van der Waals surface area contributed by atoms with Crippen LogP contribution in [0.1, 0.15) is 24.8 Å². The lowest BCUT2D eigenvalue weighted by Gasteiger charge is -2.22. The SMILES string of the molecule is CN(C)C(=NCCCCC(=O)OCc1ccccc1)N(C)C.I. The summed E-state index contributed by atoms with van der Waals surface area (Å²) in [6, 6.07) is 9.72. The minimum atomic E-state index is -0.145. The Morgan fingerprint density at radius 1 is 1.04 bits per heavy atom. The second kappa shape index (κ2) is 12.2. The zero-order chi connectivity index (χ0) is 16.4. The van der Waals surface area contributed by atoms with Gasteiger partial charge in [0.15, 0.2) is 5.96 Å². The van der Waals surface area contributed by atoms with E-state index in [1.54, 1.807) is 0 Å². The first-order chi connectivity index (χ1) is 10.5. The molecule has 6 heteroatoms. The number of esters is 1. The van der Waals surface area contributed by atoms with E-state index in [2.05, 4.69) is 4.99 Å². The number of benzene rings is 1. The van der Waals surface area contributed by atoms with Crippen molar-refractivity contribution < 1.29 is 9.53 Å². The normalized spacial score (nSPS) is 9.57. The van der Waals surface area contributed by atoms with Gasteiger partial charge in [0, 0.05) is 41.2 Å². The number of ether oxygens (including phenoxy) is 1. The van der Waals surface area contributed by atoms with Crippen molar-refractivity contribution in [1.29, 1.82) is 0 Å². The van der Waals surface area contributed by atoms with Crippen LogP contribution in [0.5, 0.6) is 0 Å². The van der Waals surface area contributed by atoms with Gasteiger partial charge in [0.05, 0.1) is 0 Å². The molecule has 1 aromatic carbocycles. The summed E-state index contributed by atoms with van der Waals surface area (Å²) in [5.74, 6) is 0.792. The quantitative estimate of drug-likeness (QED) is 0.218. The molecule has 0 N–H and O–H groups in total. The van der Waals surface area contributed by atoms with Crippen LogP contribution in [-0.2, 0) is 16.1 Å². The highest BCUT2D eigenvalue weighted by Crippen LogP contribution is 2.04. The molecule has 0 bridgehead atoms. The Morgan fingerprint density at radius 3 is 2.22 bits per heavy atom. The van der Waals surface area contributed by atoms with Crippen LogP contribution < -0.4 is 0 Å². The molecule has 0 fully saturated rings. The van der Waals surface area contributed by atoms with Crippen LogP contribution in [0.3, 0.4) is 0 Å². The van der Waals surface area contributed by atoms with E-state index in [4.69, 9.17) is 4.74 Å². The van der Waals surface area contributed by atoms with Gasteiger partial charge >= 0.3 is 5.97 Å². The molecule has 130 valence electrons. The lowest BCUT2D eigenvalue weighted by atomic mass is 10.2. The number of nitrogens with zero attached hydrogens (tertiary/aromatic N) is 3. The second-order valence-corrected chi connectivity index (χ2v) is 5.57. The smallest absolute Gasteiger partial charge is 0.306 e. The number of guanidine groups is 1. The Labute approximate surface area is 156 Å². The predicted octanol–water partition coefficient (Wildman–Crippen LogP) is 3.00. The first-order valence-electron chi connectivity index (χ1n) is 7.59. The third-order valence-corrected chi connectivity index (χ3v) is 3.08. The number of hydrogen-bond acceptors (Lipinski definition) is 3. The lowest BCUT2D eigenvalue weighted by Crippen LogP contribution is -2.35. The zero-order valence-electron chi connectivity index (χ0n) is 14.5.